The number of hydrogen-bond acceptors (Lipinski definition) is 2. The molecule has 0 saturated carbocycles. The van der Waals surface area contributed by atoms with Crippen molar-refractivity contribution in [2.75, 3.05) is 0 Å². The van der Waals surface area contributed by atoms with E-state index in [9.17, 15) is 0 Å². The monoisotopic (exact) mass is 764 g/mol. The first-order chi connectivity index (χ1) is 29.1. The normalized spacial score (nSPS) is 12.2. The Labute approximate surface area is 350 Å². The van der Waals surface area contributed by atoms with E-state index in [0.717, 1.165) is 12.8 Å². The molecule has 0 saturated heterocycles. The van der Waals surface area contributed by atoms with Crippen LogP contribution in [0.3, 0.4) is 0 Å². The molecule has 4 N–H and O–H groups in total. The molecular formula is C57H52N2. The van der Waals surface area contributed by atoms with Crippen molar-refractivity contribution < 1.29 is 0 Å². The zero-order valence-electron chi connectivity index (χ0n) is 34.0. The summed E-state index contributed by atoms with van der Waals surface area (Å²) in [6.45, 7) is 4.40. The van der Waals surface area contributed by atoms with Gasteiger partial charge in [0.1, 0.15) is 0 Å². The van der Waals surface area contributed by atoms with Gasteiger partial charge in [0.05, 0.1) is 0 Å². The summed E-state index contributed by atoms with van der Waals surface area (Å²) in [6.07, 6.45) is 9.12. The van der Waals surface area contributed by atoms with E-state index in [1.54, 1.807) is 0 Å². The van der Waals surface area contributed by atoms with Crippen molar-refractivity contribution in [3.05, 3.63) is 247 Å². The van der Waals surface area contributed by atoms with Crippen LogP contribution >= 0.6 is 0 Å². The molecule has 1 unspecified atom stereocenters. The van der Waals surface area contributed by atoms with E-state index < -0.39 is 0 Å². The minimum Gasteiger partial charge on any atom is -0.274 e. The second kappa shape index (κ2) is 20.0. The lowest BCUT2D eigenvalue weighted by Crippen LogP contribution is -2.02. The first-order valence-corrected chi connectivity index (χ1v) is 20.5. The van der Waals surface area contributed by atoms with Gasteiger partial charge >= 0.3 is 0 Å². The van der Waals surface area contributed by atoms with Crippen LogP contribution in [0.15, 0.2) is 224 Å². The molecule has 1 aliphatic rings. The zero-order valence-corrected chi connectivity index (χ0v) is 34.0. The van der Waals surface area contributed by atoms with Crippen molar-refractivity contribution in [1.82, 2.24) is 0 Å². The zero-order chi connectivity index (χ0) is 40.8. The average Bonchev–Trinajstić information content (AvgIpc) is 3.33. The molecule has 0 heterocycles. The molecule has 0 fully saturated rings. The van der Waals surface area contributed by atoms with E-state index in [1.807, 2.05) is 6.07 Å². The lowest BCUT2D eigenvalue weighted by molar-refractivity contribution is 0.923. The molecule has 9 rings (SSSR count). The molecule has 0 spiro atoms. The molecule has 8 aromatic rings. The molecule has 0 aliphatic heterocycles. The smallest absolute Gasteiger partial charge is 0.00610 e. The van der Waals surface area contributed by atoms with Gasteiger partial charge in [0, 0.05) is 5.92 Å². The number of nitrogens with two attached hydrogens (primary N) is 2. The minimum atomic E-state index is 0.339. The Kier molecular flexibility index (Phi) is 13.7. The Hall–Kier alpha value is -6.84. The summed E-state index contributed by atoms with van der Waals surface area (Å²) in [5, 5.41) is 0. The summed E-state index contributed by atoms with van der Waals surface area (Å²) in [5.41, 5.74) is 19.2. The average molecular weight is 765 g/mol. The van der Waals surface area contributed by atoms with Crippen LogP contribution in [0.25, 0.3) is 61.2 Å². The van der Waals surface area contributed by atoms with E-state index in [2.05, 4.69) is 244 Å². The number of aryl methyl sites for hydroxylation is 1. The molecule has 0 radical (unpaired) electrons. The predicted molar refractivity (Wildman–Crippen MR) is 253 cm³/mol. The van der Waals surface area contributed by atoms with Crippen LogP contribution in [0, 0.1) is 6.92 Å². The van der Waals surface area contributed by atoms with Gasteiger partial charge in [-0.3, -0.25) is 11.7 Å². The summed E-state index contributed by atoms with van der Waals surface area (Å²) in [6, 6.07) is 74.3. The molecular weight excluding hydrogens is 713 g/mol. The topological polar surface area (TPSA) is 52.0 Å². The third-order valence-corrected chi connectivity index (χ3v) is 11.1. The third kappa shape index (κ3) is 10.4. The van der Waals surface area contributed by atoms with Crippen LogP contribution < -0.4 is 11.7 Å². The molecule has 1 atom stereocenters. The first kappa shape index (κ1) is 40.4. The van der Waals surface area contributed by atoms with Crippen molar-refractivity contribution in [3.8, 4) is 55.6 Å². The van der Waals surface area contributed by atoms with Crippen LogP contribution in [0.5, 0.6) is 0 Å². The maximum absolute atomic E-state index is 4.00. The Bertz CT molecular complexity index is 2550. The summed E-state index contributed by atoms with van der Waals surface area (Å²) in [7, 11) is 0. The summed E-state index contributed by atoms with van der Waals surface area (Å²) < 4.78 is 0. The highest BCUT2D eigenvalue weighted by atomic mass is 15.0. The van der Waals surface area contributed by atoms with Gasteiger partial charge in [0.2, 0.25) is 0 Å². The molecule has 8 aromatic carbocycles. The lowest BCUT2D eigenvalue weighted by atomic mass is 9.90. The number of benzene rings is 8. The van der Waals surface area contributed by atoms with Crippen molar-refractivity contribution in [2.45, 2.75) is 32.6 Å². The van der Waals surface area contributed by atoms with Gasteiger partial charge in [-0.1, -0.05) is 237 Å². The highest BCUT2D eigenvalue weighted by Gasteiger charge is 2.10. The van der Waals surface area contributed by atoms with Gasteiger partial charge in [-0.15, -0.1) is 0 Å². The van der Waals surface area contributed by atoms with Crippen molar-refractivity contribution >= 4 is 5.57 Å². The highest BCUT2D eigenvalue weighted by Crippen LogP contribution is 2.31. The van der Waals surface area contributed by atoms with E-state index in [1.165, 1.54) is 83.5 Å². The third-order valence-electron chi connectivity index (χ3n) is 11.1. The van der Waals surface area contributed by atoms with Crippen LogP contribution in [-0.2, 0) is 0 Å². The van der Waals surface area contributed by atoms with Gasteiger partial charge in [0.25, 0.3) is 0 Å². The largest absolute Gasteiger partial charge is 0.274 e. The van der Waals surface area contributed by atoms with Crippen molar-refractivity contribution in [3.63, 3.8) is 0 Å². The van der Waals surface area contributed by atoms with E-state index in [-0.39, 0.29) is 0 Å². The molecule has 59 heavy (non-hydrogen) atoms. The van der Waals surface area contributed by atoms with Crippen LogP contribution in [0.4, 0.5) is 0 Å². The standard InChI is InChI=1S/C38H32.C19H16.H4N2/c1-28(29-12-16-35(17-13-29)37-24-20-33(21-25-37)31-8-4-2-5-9-31)30-14-18-36(19-15-30)38-26-22-34(23-27-38)32-10-6-3-7-11-32;1-15-7-9-17(10-8-15)19-13-11-18(12-14-19)16-5-3-2-4-6-16;1-2/h2,4-6,8-28H,3,7H2,1H3;2-14H,1H3;1-2H2. The Morgan fingerprint density at radius 3 is 0.949 bits per heavy atom. The SMILES string of the molecule is CC(c1ccc(-c2ccc(C3=CCCC=C3)cc2)cc1)c1ccc(-c2ccc(-c3ccccc3)cc2)cc1.Cc1ccc(-c2ccc(-c3ccccc3)cc2)cc1.NN. The van der Waals surface area contributed by atoms with Gasteiger partial charge in [-0.05, 0) is 97.7 Å². The molecule has 0 bridgehead atoms. The fourth-order valence-corrected chi connectivity index (χ4v) is 7.52. The van der Waals surface area contributed by atoms with Crippen LogP contribution in [0.2, 0.25) is 0 Å². The van der Waals surface area contributed by atoms with Crippen LogP contribution in [-0.4, -0.2) is 0 Å². The van der Waals surface area contributed by atoms with E-state index in [0.29, 0.717) is 5.92 Å². The summed E-state index contributed by atoms with van der Waals surface area (Å²) in [5.74, 6) is 8.34. The van der Waals surface area contributed by atoms with E-state index in [4.69, 9.17) is 0 Å². The lowest BCUT2D eigenvalue weighted by Gasteiger charge is -2.14. The number of allylic oxidation sites excluding steroid dienone is 4. The van der Waals surface area contributed by atoms with Gasteiger partial charge in [0.15, 0.2) is 0 Å². The number of hydrogen-bond donors (Lipinski definition) is 2. The molecule has 2 nitrogen and oxygen atoms in total. The van der Waals surface area contributed by atoms with Crippen LogP contribution in [0.1, 0.15) is 47.9 Å². The van der Waals surface area contributed by atoms with Gasteiger partial charge in [-0.2, -0.15) is 0 Å². The highest BCUT2D eigenvalue weighted by molar-refractivity contribution is 5.77. The molecule has 1 aliphatic carbocycles. The van der Waals surface area contributed by atoms with E-state index >= 15 is 0 Å². The van der Waals surface area contributed by atoms with Gasteiger partial charge in [-0.25, -0.2) is 0 Å². The fraction of sp³-hybridized carbons (Fsp3) is 0.0877. The molecule has 0 amide bonds. The second-order valence-corrected chi connectivity index (χ2v) is 14.9. The maximum Gasteiger partial charge on any atom is 0.00610 e. The molecule has 2 heteroatoms. The first-order valence-electron chi connectivity index (χ1n) is 20.5. The van der Waals surface area contributed by atoms with Gasteiger partial charge < -0.3 is 0 Å². The molecule has 0 aromatic heterocycles. The predicted octanol–water partition coefficient (Wildman–Crippen LogP) is 14.7. The number of hydrazine groups is 1. The summed E-state index contributed by atoms with van der Waals surface area (Å²) in [4.78, 5) is 0. The fourth-order valence-electron chi connectivity index (χ4n) is 7.52. The quantitative estimate of drug-likeness (QED) is 0.120. The Morgan fingerprint density at radius 2 is 0.627 bits per heavy atom. The summed E-state index contributed by atoms with van der Waals surface area (Å²) >= 11 is 0. The minimum absolute atomic E-state index is 0.339. The number of rotatable bonds is 8. The second-order valence-electron chi connectivity index (χ2n) is 14.9. The Balaban J connectivity index is 0.000000210. The Morgan fingerprint density at radius 1 is 0.339 bits per heavy atom. The molecule has 290 valence electrons. The maximum atomic E-state index is 4.00. The van der Waals surface area contributed by atoms with Crippen molar-refractivity contribution in [1.29, 1.82) is 0 Å². The van der Waals surface area contributed by atoms with Crippen molar-refractivity contribution in [2.24, 2.45) is 11.7 Å².